The molecule has 13 heavy (non-hydrogen) atoms. The van der Waals surface area contributed by atoms with E-state index in [9.17, 15) is 4.79 Å². The Morgan fingerprint density at radius 1 is 1.69 bits per heavy atom. The molecular weight excluding hydrogens is 168 g/mol. The highest BCUT2D eigenvalue weighted by Crippen LogP contribution is 2.27. The first-order valence-corrected chi connectivity index (χ1v) is 4.56. The molecule has 0 bridgehead atoms. The number of carbonyl (C=O) groups excluding carboxylic acids is 1. The van der Waals surface area contributed by atoms with Crippen molar-refractivity contribution >= 4 is 5.91 Å². The Bertz CT molecular complexity index is 204. The van der Waals surface area contributed by atoms with Crippen LogP contribution in [0.2, 0.25) is 0 Å². The predicted molar refractivity (Wildman–Crippen MR) is 50.2 cm³/mol. The summed E-state index contributed by atoms with van der Waals surface area (Å²) < 4.78 is 5.34. The van der Waals surface area contributed by atoms with Gasteiger partial charge in [-0.2, -0.15) is 0 Å². The second-order valence-electron chi connectivity index (χ2n) is 4.35. The quantitative estimate of drug-likeness (QED) is 0.645. The Morgan fingerprint density at radius 2 is 2.31 bits per heavy atom. The lowest BCUT2D eigenvalue weighted by molar-refractivity contribution is -0.119. The Balaban J connectivity index is 2.49. The molecule has 1 aliphatic rings. The average molecular weight is 186 g/mol. The van der Waals surface area contributed by atoms with Gasteiger partial charge in [0, 0.05) is 11.5 Å². The Hall–Kier alpha value is -0.610. The first kappa shape index (κ1) is 10.5. The van der Waals surface area contributed by atoms with E-state index in [4.69, 9.17) is 10.5 Å². The monoisotopic (exact) mass is 186 g/mol. The van der Waals surface area contributed by atoms with Gasteiger partial charge in [-0.05, 0) is 6.92 Å². The van der Waals surface area contributed by atoms with Crippen molar-refractivity contribution < 1.29 is 9.53 Å². The predicted octanol–water partition coefficient (Wildman–Crippen LogP) is -0.125. The summed E-state index contributed by atoms with van der Waals surface area (Å²) in [4.78, 5) is 10.8. The Kier molecular flexibility index (Phi) is 2.93. The van der Waals surface area contributed by atoms with Crippen molar-refractivity contribution in [1.82, 2.24) is 5.32 Å². The van der Waals surface area contributed by atoms with E-state index in [1.165, 1.54) is 0 Å². The molecule has 1 aliphatic heterocycles. The summed E-state index contributed by atoms with van der Waals surface area (Å²) in [6.45, 7) is 7.40. The maximum Gasteiger partial charge on any atom is 0.234 e. The third kappa shape index (κ3) is 2.42. The van der Waals surface area contributed by atoms with E-state index < -0.39 is 0 Å². The van der Waals surface area contributed by atoms with Gasteiger partial charge in [0.1, 0.15) is 0 Å². The third-order valence-corrected chi connectivity index (χ3v) is 2.58. The fraction of sp³-hybridized carbons (Fsp3) is 0.889. The number of primary amides is 1. The molecule has 0 spiro atoms. The molecule has 4 heteroatoms. The molecule has 2 atom stereocenters. The average Bonchev–Trinajstić information content (AvgIpc) is 2.30. The topological polar surface area (TPSA) is 64.3 Å². The van der Waals surface area contributed by atoms with Crippen LogP contribution >= 0.6 is 0 Å². The van der Waals surface area contributed by atoms with Crippen LogP contribution in [0.3, 0.4) is 0 Å². The summed E-state index contributed by atoms with van der Waals surface area (Å²) in [5.74, 6) is -0.317. The van der Waals surface area contributed by atoms with Crippen LogP contribution in [0.5, 0.6) is 0 Å². The number of ether oxygens (including phenoxy) is 1. The van der Waals surface area contributed by atoms with Gasteiger partial charge in [0.15, 0.2) is 0 Å². The van der Waals surface area contributed by atoms with Crippen molar-refractivity contribution in [3.63, 3.8) is 0 Å². The number of carbonyl (C=O) groups is 1. The first-order chi connectivity index (χ1) is 5.93. The largest absolute Gasteiger partial charge is 0.379 e. The maximum absolute atomic E-state index is 10.8. The van der Waals surface area contributed by atoms with Crippen molar-refractivity contribution in [1.29, 1.82) is 0 Å². The van der Waals surface area contributed by atoms with E-state index in [0.717, 1.165) is 6.61 Å². The minimum absolute atomic E-state index is 0.0870. The highest BCUT2D eigenvalue weighted by Gasteiger charge is 2.36. The summed E-state index contributed by atoms with van der Waals surface area (Å²) >= 11 is 0. The summed E-state index contributed by atoms with van der Waals surface area (Å²) in [5.41, 5.74) is 5.25. The molecule has 3 N–H and O–H groups in total. The van der Waals surface area contributed by atoms with Gasteiger partial charge in [0.2, 0.25) is 5.91 Å². The van der Waals surface area contributed by atoms with Gasteiger partial charge in [-0.25, -0.2) is 0 Å². The van der Waals surface area contributed by atoms with Gasteiger partial charge in [-0.3, -0.25) is 4.79 Å². The lowest BCUT2D eigenvalue weighted by atomic mass is 9.87. The smallest absolute Gasteiger partial charge is 0.234 e. The molecule has 2 unspecified atom stereocenters. The number of amides is 1. The second kappa shape index (κ2) is 3.64. The van der Waals surface area contributed by atoms with Crippen molar-refractivity contribution in [3.05, 3.63) is 0 Å². The second-order valence-corrected chi connectivity index (χ2v) is 4.35. The minimum atomic E-state index is -0.317. The highest BCUT2D eigenvalue weighted by atomic mass is 16.5. The fourth-order valence-electron chi connectivity index (χ4n) is 1.42. The number of nitrogens with two attached hydrogens (primary N) is 1. The van der Waals surface area contributed by atoms with Crippen LogP contribution < -0.4 is 11.1 Å². The van der Waals surface area contributed by atoms with Crippen LogP contribution in [0.15, 0.2) is 0 Å². The van der Waals surface area contributed by atoms with E-state index in [-0.39, 0.29) is 23.4 Å². The molecule has 1 amide bonds. The molecule has 0 aromatic carbocycles. The van der Waals surface area contributed by atoms with Crippen LogP contribution in [0, 0.1) is 5.41 Å². The van der Waals surface area contributed by atoms with Gasteiger partial charge in [0.05, 0.1) is 19.3 Å². The SMILES string of the molecule is CC(NC1COCC1(C)C)C(N)=O. The maximum atomic E-state index is 10.8. The van der Waals surface area contributed by atoms with E-state index in [2.05, 4.69) is 19.2 Å². The minimum Gasteiger partial charge on any atom is -0.379 e. The zero-order valence-corrected chi connectivity index (χ0v) is 8.46. The van der Waals surface area contributed by atoms with Crippen LogP contribution in [0.4, 0.5) is 0 Å². The fourth-order valence-corrected chi connectivity index (χ4v) is 1.42. The number of hydrogen-bond acceptors (Lipinski definition) is 3. The molecule has 0 radical (unpaired) electrons. The Labute approximate surface area is 78.8 Å². The zero-order valence-electron chi connectivity index (χ0n) is 8.46. The van der Waals surface area contributed by atoms with Crippen molar-refractivity contribution in [3.8, 4) is 0 Å². The molecule has 0 aromatic heterocycles. The molecule has 0 aliphatic carbocycles. The van der Waals surface area contributed by atoms with Gasteiger partial charge in [0.25, 0.3) is 0 Å². The van der Waals surface area contributed by atoms with E-state index >= 15 is 0 Å². The van der Waals surface area contributed by atoms with E-state index in [0.29, 0.717) is 6.61 Å². The molecule has 1 fully saturated rings. The molecule has 76 valence electrons. The summed E-state index contributed by atoms with van der Waals surface area (Å²) in [6, 6.07) is -0.0685. The van der Waals surface area contributed by atoms with E-state index in [1.807, 2.05) is 0 Å². The normalized spacial score (nSPS) is 28.7. The Morgan fingerprint density at radius 3 is 2.69 bits per heavy atom. The zero-order chi connectivity index (χ0) is 10.1. The molecule has 0 aromatic rings. The van der Waals surface area contributed by atoms with Gasteiger partial charge >= 0.3 is 0 Å². The van der Waals surface area contributed by atoms with Crippen molar-refractivity contribution in [2.24, 2.45) is 11.1 Å². The van der Waals surface area contributed by atoms with Crippen LogP contribution in [-0.2, 0) is 9.53 Å². The molecule has 4 nitrogen and oxygen atoms in total. The highest BCUT2D eigenvalue weighted by molar-refractivity contribution is 5.79. The van der Waals surface area contributed by atoms with Gasteiger partial charge in [-0.15, -0.1) is 0 Å². The molecular formula is C9H18N2O2. The van der Waals surface area contributed by atoms with Gasteiger partial charge in [-0.1, -0.05) is 13.8 Å². The van der Waals surface area contributed by atoms with Crippen LogP contribution in [0.1, 0.15) is 20.8 Å². The molecule has 1 saturated heterocycles. The summed E-state index contributed by atoms with van der Waals surface area (Å²) in [5, 5.41) is 3.17. The lowest BCUT2D eigenvalue weighted by Gasteiger charge is -2.27. The van der Waals surface area contributed by atoms with E-state index in [1.54, 1.807) is 6.92 Å². The molecule has 1 heterocycles. The molecule has 0 saturated carbocycles. The van der Waals surface area contributed by atoms with Crippen molar-refractivity contribution in [2.75, 3.05) is 13.2 Å². The summed E-state index contributed by atoms with van der Waals surface area (Å²) in [6.07, 6.45) is 0. The third-order valence-electron chi connectivity index (χ3n) is 2.58. The number of rotatable bonds is 3. The number of hydrogen-bond donors (Lipinski definition) is 2. The number of nitrogens with one attached hydrogen (secondary N) is 1. The molecule has 1 rings (SSSR count). The van der Waals surface area contributed by atoms with Crippen LogP contribution in [-0.4, -0.2) is 31.2 Å². The van der Waals surface area contributed by atoms with Gasteiger partial charge < -0.3 is 15.8 Å². The first-order valence-electron chi connectivity index (χ1n) is 4.56. The summed E-state index contributed by atoms with van der Waals surface area (Å²) in [7, 11) is 0. The lowest BCUT2D eigenvalue weighted by Crippen LogP contribution is -2.50. The van der Waals surface area contributed by atoms with Crippen LogP contribution in [0.25, 0.3) is 0 Å². The standard InChI is InChI=1S/C9H18N2O2/c1-6(8(10)12)11-7-4-13-5-9(7,2)3/h6-7,11H,4-5H2,1-3H3,(H2,10,12). The van der Waals surface area contributed by atoms with Crippen molar-refractivity contribution in [2.45, 2.75) is 32.9 Å².